The highest BCUT2D eigenvalue weighted by Crippen LogP contribution is 2.40. The van der Waals surface area contributed by atoms with Crippen LogP contribution in [-0.4, -0.2) is 71.6 Å². The van der Waals surface area contributed by atoms with E-state index in [0.717, 1.165) is 70.0 Å². The minimum absolute atomic E-state index is 0.428. The van der Waals surface area contributed by atoms with Crippen LogP contribution < -0.4 is 10.6 Å². The summed E-state index contributed by atoms with van der Waals surface area (Å²) in [7, 11) is 1.99. The fourth-order valence-corrected chi connectivity index (χ4v) is 4.30. The molecule has 29 heavy (non-hydrogen) atoms. The predicted molar refractivity (Wildman–Crippen MR) is 116 cm³/mol. The number of aliphatic imine (C=N–C) groups is 1. The van der Waals surface area contributed by atoms with Gasteiger partial charge in [0, 0.05) is 33.2 Å². The van der Waals surface area contributed by atoms with Gasteiger partial charge in [0.15, 0.2) is 11.8 Å². The first-order valence-electron chi connectivity index (χ1n) is 11.3. The highest BCUT2D eigenvalue weighted by molar-refractivity contribution is 5.79. The maximum atomic E-state index is 5.43. The van der Waals surface area contributed by atoms with Crippen LogP contribution in [0.5, 0.6) is 0 Å². The number of guanidine groups is 1. The Morgan fingerprint density at radius 3 is 2.59 bits per heavy atom. The summed E-state index contributed by atoms with van der Waals surface area (Å²) >= 11 is 0. The van der Waals surface area contributed by atoms with Crippen molar-refractivity contribution in [1.29, 1.82) is 0 Å². The summed E-state index contributed by atoms with van der Waals surface area (Å²) in [5.74, 6) is 2.70. The summed E-state index contributed by atoms with van der Waals surface area (Å²) in [6.07, 6.45) is 7.68. The van der Waals surface area contributed by atoms with Crippen molar-refractivity contribution in [2.75, 3.05) is 45.9 Å². The first kappa shape index (κ1) is 22.0. The molecular formula is C21H39N7O. The fraction of sp³-hybridized carbons (Fsp3) is 0.857. The van der Waals surface area contributed by atoms with Gasteiger partial charge in [-0.3, -0.25) is 4.90 Å². The molecule has 2 fully saturated rings. The summed E-state index contributed by atoms with van der Waals surface area (Å²) in [6, 6.07) is 0. The van der Waals surface area contributed by atoms with E-state index in [-0.39, 0.29) is 0 Å². The minimum atomic E-state index is 0.428. The van der Waals surface area contributed by atoms with E-state index in [1.807, 2.05) is 18.5 Å². The molecule has 1 saturated heterocycles. The van der Waals surface area contributed by atoms with Crippen LogP contribution >= 0.6 is 0 Å². The molecule has 0 amide bonds. The van der Waals surface area contributed by atoms with Gasteiger partial charge >= 0.3 is 0 Å². The Balaban J connectivity index is 1.53. The zero-order chi connectivity index (χ0) is 20.5. The third-order valence-electron chi connectivity index (χ3n) is 6.65. The molecule has 1 saturated carbocycles. The number of aryl methyl sites for hydroxylation is 1. The molecule has 8 heteroatoms. The van der Waals surface area contributed by atoms with Crippen molar-refractivity contribution >= 4 is 5.96 Å². The van der Waals surface area contributed by atoms with Gasteiger partial charge in [0.05, 0.1) is 13.2 Å². The molecule has 0 spiro atoms. The average molecular weight is 406 g/mol. The molecule has 0 atom stereocenters. The molecule has 3 rings (SSSR count). The molecule has 0 unspecified atom stereocenters. The molecule has 1 aromatic heterocycles. The highest BCUT2D eigenvalue weighted by atomic mass is 16.5. The maximum absolute atomic E-state index is 5.43. The molecule has 0 aromatic carbocycles. The standard InChI is InChI=1S/C21H39N7O/c1-4-21(8-5-6-9-21)17-24-20(23-16-19-26-25-18(2)27(19)3)22-10-7-11-28-12-14-29-15-13-28/h4-17H2,1-3H3,(H2,22,23,24). The number of morpholine rings is 1. The van der Waals surface area contributed by atoms with Gasteiger partial charge in [-0.05, 0) is 44.6 Å². The van der Waals surface area contributed by atoms with Crippen LogP contribution in [0.1, 0.15) is 57.1 Å². The van der Waals surface area contributed by atoms with E-state index < -0.39 is 0 Å². The van der Waals surface area contributed by atoms with Gasteiger partial charge in [-0.15, -0.1) is 10.2 Å². The molecule has 1 aromatic rings. The summed E-state index contributed by atoms with van der Waals surface area (Å²) in [5, 5.41) is 15.6. The van der Waals surface area contributed by atoms with E-state index in [1.54, 1.807) is 0 Å². The van der Waals surface area contributed by atoms with Crippen LogP contribution in [0.2, 0.25) is 0 Å². The quantitative estimate of drug-likeness (QED) is 0.371. The van der Waals surface area contributed by atoms with Gasteiger partial charge in [0.25, 0.3) is 0 Å². The lowest BCUT2D eigenvalue weighted by Crippen LogP contribution is -2.44. The molecule has 0 radical (unpaired) electrons. The summed E-state index contributed by atoms with van der Waals surface area (Å²) in [5.41, 5.74) is 0.428. The topological polar surface area (TPSA) is 79.6 Å². The Labute approximate surface area is 175 Å². The Kier molecular flexibility index (Phi) is 8.29. The summed E-state index contributed by atoms with van der Waals surface area (Å²) < 4.78 is 7.43. The van der Waals surface area contributed by atoms with Gasteiger partial charge in [-0.2, -0.15) is 0 Å². The zero-order valence-corrected chi connectivity index (χ0v) is 18.5. The van der Waals surface area contributed by atoms with E-state index in [2.05, 4.69) is 32.7 Å². The molecule has 2 N–H and O–H groups in total. The normalized spacial score (nSPS) is 20.2. The largest absolute Gasteiger partial charge is 0.379 e. The number of rotatable bonds is 9. The van der Waals surface area contributed by atoms with Crippen molar-refractivity contribution in [3.63, 3.8) is 0 Å². The highest BCUT2D eigenvalue weighted by Gasteiger charge is 2.31. The molecule has 1 aliphatic carbocycles. The minimum Gasteiger partial charge on any atom is -0.379 e. The lowest BCUT2D eigenvalue weighted by Gasteiger charge is -2.29. The number of ether oxygens (including phenoxy) is 1. The van der Waals surface area contributed by atoms with Crippen LogP contribution in [0.3, 0.4) is 0 Å². The van der Waals surface area contributed by atoms with E-state index in [4.69, 9.17) is 9.73 Å². The summed E-state index contributed by atoms with van der Waals surface area (Å²) in [4.78, 5) is 7.29. The van der Waals surface area contributed by atoms with E-state index in [0.29, 0.717) is 12.0 Å². The molecule has 0 bridgehead atoms. The molecule has 1 aliphatic heterocycles. The molecule has 8 nitrogen and oxygen atoms in total. The van der Waals surface area contributed by atoms with Crippen molar-refractivity contribution in [2.45, 2.75) is 58.9 Å². The van der Waals surface area contributed by atoms with Crippen molar-refractivity contribution < 1.29 is 4.74 Å². The second kappa shape index (κ2) is 10.9. The van der Waals surface area contributed by atoms with Gasteiger partial charge in [-0.1, -0.05) is 19.8 Å². The third-order valence-corrected chi connectivity index (χ3v) is 6.65. The van der Waals surface area contributed by atoms with Crippen molar-refractivity contribution in [3.05, 3.63) is 11.6 Å². The Hall–Kier alpha value is -1.67. The van der Waals surface area contributed by atoms with Crippen LogP contribution in [0.4, 0.5) is 0 Å². The number of aromatic nitrogens is 3. The number of nitrogens with one attached hydrogen (secondary N) is 2. The van der Waals surface area contributed by atoms with E-state index >= 15 is 0 Å². The van der Waals surface area contributed by atoms with Crippen LogP contribution in [0.25, 0.3) is 0 Å². The molecular weight excluding hydrogens is 366 g/mol. The van der Waals surface area contributed by atoms with Gasteiger partial charge in [-0.25, -0.2) is 4.99 Å². The van der Waals surface area contributed by atoms with Crippen molar-refractivity contribution in [1.82, 2.24) is 30.3 Å². The van der Waals surface area contributed by atoms with E-state index in [9.17, 15) is 0 Å². The van der Waals surface area contributed by atoms with Crippen molar-refractivity contribution in [2.24, 2.45) is 17.5 Å². The first-order chi connectivity index (χ1) is 14.1. The lowest BCUT2D eigenvalue weighted by molar-refractivity contribution is 0.0376. The van der Waals surface area contributed by atoms with E-state index in [1.165, 1.54) is 32.1 Å². The average Bonchev–Trinajstić information content (AvgIpc) is 3.35. The Morgan fingerprint density at radius 2 is 1.93 bits per heavy atom. The van der Waals surface area contributed by atoms with Crippen LogP contribution in [-0.2, 0) is 18.3 Å². The zero-order valence-electron chi connectivity index (χ0n) is 18.5. The predicted octanol–water partition coefficient (Wildman–Crippen LogP) is 1.85. The smallest absolute Gasteiger partial charge is 0.191 e. The SMILES string of the molecule is CCC1(CNC(=NCc2nnc(C)n2C)NCCCN2CCOCC2)CCCC1. The second-order valence-corrected chi connectivity index (χ2v) is 8.54. The van der Waals surface area contributed by atoms with Crippen LogP contribution in [0.15, 0.2) is 4.99 Å². The molecule has 2 aliphatic rings. The van der Waals surface area contributed by atoms with Gasteiger partial charge in [0.2, 0.25) is 0 Å². The Morgan fingerprint density at radius 1 is 1.17 bits per heavy atom. The monoisotopic (exact) mass is 405 g/mol. The maximum Gasteiger partial charge on any atom is 0.191 e. The molecule has 2 heterocycles. The number of nitrogens with zero attached hydrogens (tertiary/aromatic N) is 5. The first-order valence-corrected chi connectivity index (χ1v) is 11.3. The fourth-order valence-electron chi connectivity index (χ4n) is 4.30. The second-order valence-electron chi connectivity index (χ2n) is 8.54. The third kappa shape index (κ3) is 6.40. The Bertz CT molecular complexity index is 645. The number of hydrogen-bond donors (Lipinski definition) is 2. The van der Waals surface area contributed by atoms with Gasteiger partial charge in [0.1, 0.15) is 12.4 Å². The molecule has 164 valence electrons. The van der Waals surface area contributed by atoms with Crippen LogP contribution in [0, 0.1) is 12.3 Å². The summed E-state index contributed by atoms with van der Waals surface area (Å²) in [6.45, 7) is 11.6. The van der Waals surface area contributed by atoms with Crippen molar-refractivity contribution in [3.8, 4) is 0 Å². The number of hydrogen-bond acceptors (Lipinski definition) is 5. The van der Waals surface area contributed by atoms with Gasteiger partial charge < -0.3 is 19.9 Å². The lowest BCUT2D eigenvalue weighted by atomic mass is 9.83.